The number of sulfonamides is 1. The van der Waals surface area contributed by atoms with Crippen molar-refractivity contribution in [3.63, 3.8) is 0 Å². The molecule has 0 fully saturated rings. The second-order valence-corrected chi connectivity index (χ2v) is 8.17. The van der Waals surface area contributed by atoms with Gasteiger partial charge in [0, 0.05) is 23.2 Å². The number of amides is 1. The molecular formula is C18H21N3O5S. The largest absolute Gasteiger partial charge is 0.326 e. The van der Waals surface area contributed by atoms with E-state index in [4.69, 9.17) is 0 Å². The minimum Gasteiger partial charge on any atom is -0.326 e. The molecule has 0 aliphatic rings. The normalized spacial score (nSPS) is 11.3. The molecule has 27 heavy (non-hydrogen) atoms. The minimum absolute atomic E-state index is 0.193. The van der Waals surface area contributed by atoms with Crippen LogP contribution in [-0.2, 0) is 14.8 Å². The predicted molar refractivity (Wildman–Crippen MR) is 103 cm³/mol. The highest BCUT2D eigenvalue weighted by molar-refractivity contribution is 7.92. The maximum atomic E-state index is 12.7. The molecule has 0 aliphatic carbocycles. The summed E-state index contributed by atoms with van der Waals surface area (Å²) >= 11 is 0. The summed E-state index contributed by atoms with van der Waals surface area (Å²) in [5.74, 6) is -0.415. The van der Waals surface area contributed by atoms with Crippen molar-refractivity contribution in [2.45, 2.75) is 32.6 Å². The van der Waals surface area contributed by atoms with Gasteiger partial charge in [-0.25, -0.2) is 8.42 Å². The monoisotopic (exact) mass is 391 g/mol. The standard InChI is InChI=1S/C18H21N3O5S/c1-11(2)18(22)19-14-7-5-12(3)16(9-14)20-27(25,26)15-8-6-13(4)17(10-15)21(23)24/h5-11,20H,1-4H3,(H,19,22). The van der Waals surface area contributed by atoms with Crippen LogP contribution in [0.1, 0.15) is 25.0 Å². The van der Waals surface area contributed by atoms with Gasteiger partial charge in [-0.1, -0.05) is 26.0 Å². The lowest BCUT2D eigenvalue weighted by Gasteiger charge is -2.14. The summed E-state index contributed by atoms with van der Waals surface area (Å²) in [7, 11) is -4.04. The number of anilines is 2. The van der Waals surface area contributed by atoms with Crippen molar-refractivity contribution in [3.05, 3.63) is 57.6 Å². The van der Waals surface area contributed by atoms with Crippen LogP contribution in [0.2, 0.25) is 0 Å². The number of benzene rings is 2. The van der Waals surface area contributed by atoms with Gasteiger partial charge in [-0.15, -0.1) is 0 Å². The van der Waals surface area contributed by atoms with Gasteiger partial charge in [0.25, 0.3) is 15.7 Å². The molecule has 9 heteroatoms. The van der Waals surface area contributed by atoms with Crippen LogP contribution >= 0.6 is 0 Å². The van der Waals surface area contributed by atoms with Gasteiger partial charge in [0.05, 0.1) is 15.5 Å². The first-order valence-corrected chi connectivity index (χ1v) is 9.69. The van der Waals surface area contributed by atoms with Crippen molar-refractivity contribution < 1.29 is 18.1 Å². The molecule has 0 spiro atoms. The van der Waals surface area contributed by atoms with E-state index in [0.29, 0.717) is 16.8 Å². The Morgan fingerprint density at radius 1 is 1.07 bits per heavy atom. The van der Waals surface area contributed by atoms with E-state index in [2.05, 4.69) is 10.0 Å². The molecule has 2 aromatic rings. The maximum Gasteiger partial charge on any atom is 0.273 e. The second kappa shape index (κ2) is 7.75. The van der Waals surface area contributed by atoms with Gasteiger partial charge in [-0.3, -0.25) is 19.6 Å². The summed E-state index contributed by atoms with van der Waals surface area (Å²) in [5, 5.41) is 13.8. The van der Waals surface area contributed by atoms with Crippen LogP contribution in [0, 0.1) is 29.9 Å². The molecule has 8 nitrogen and oxygen atoms in total. The molecular weight excluding hydrogens is 370 g/mol. The molecule has 1 amide bonds. The quantitative estimate of drug-likeness (QED) is 0.576. The van der Waals surface area contributed by atoms with Crippen LogP contribution in [0.5, 0.6) is 0 Å². The van der Waals surface area contributed by atoms with Crippen LogP contribution in [0.25, 0.3) is 0 Å². The molecule has 0 unspecified atom stereocenters. The topological polar surface area (TPSA) is 118 Å². The summed E-state index contributed by atoms with van der Waals surface area (Å²) in [6, 6.07) is 8.58. The first-order chi connectivity index (χ1) is 12.5. The number of carbonyl (C=O) groups is 1. The van der Waals surface area contributed by atoms with Gasteiger partial charge in [-0.2, -0.15) is 0 Å². The Labute approximate surface area is 157 Å². The number of hydrogen-bond donors (Lipinski definition) is 2. The zero-order valence-corrected chi connectivity index (χ0v) is 16.3. The number of aryl methyl sites for hydroxylation is 2. The molecule has 0 bridgehead atoms. The van der Waals surface area contributed by atoms with Gasteiger partial charge in [-0.05, 0) is 37.6 Å². The Balaban J connectivity index is 2.36. The number of rotatable bonds is 6. The van der Waals surface area contributed by atoms with E-state index in [1.807, 2.05) is 0 Å². The molecule has 0 aliphatic heterocycles. The molecule has 0 saturated heterocycles. The van der Waals surface area contributed by atoms with Crippen LogP contribution in [-0.4, -0.2) is 19.2 Å². The fourth-order valence-electron chi connectivity index (χ4n) is 2.25. The average Bonchev–Trinajstić information content (AvgIpc) is 2.57. The Morgan fingerprint density at radius 2 is 1.70 bits per heavy atom. The first-order valence-electron chi connectivity index (χ1n) is 8.20. The third kappa shape index (κ3) is 4.82. The number of carbonyl (C=O) groups excluding carboxylic acids is 1. The van der Waals surface area contributed by atoms with Crippen LogP contribution < -0.4 is 10.0 Å². The molecule has 0 radical (unpaired) electrons. The van der Waals surface area contributed by atoms with E-state index in [0.717, 1.165) is 6.07 Å². The minimum atomic E-state index is -4.04. The molecule has 2 N–H and O–H groups in total. The molecule has 0 aromatic heterocycles. The van der Waals surface area contributed by atoms with E-state index in [1.165, 1.54) is 25.1 Å². The number of nitro benzene ring substituents is 1. The highest BCUT2D eigenvalue weighted by atomic mass is 32.2. The molecule has 2 rings (SSSR count). The Hall–Kier alpha value is -2.94. The lowest BCUT2D eigenvalue weighted by molar-refractivity contribution is -0.385. The third-order valence-electron chi connectivity index (χ3n) is 3.96. The zero-order chi connectivity index (χ0) is 20.4. The van der Waals surface area contributed by atoms with Crippen LogP contribution in [0.3, 0.4) is 0 Å². The van der Waals surface area contributed by atoms with Crippen LogP contribution in [0.4, 0.5) is 17.1 Å². The van der Waals surface area contributed by atoms with Gasteiger partial charge < -0.3 is 5.32 Å². The Morgan fingerprint density at radius 3 is 2.30 bits per heavy atom. The van der Waals surface area contributed by atoms with E-state index in [1.54, 1.807) is 32.9 Å². The molecule has 0 heterocycles. The summed E-state index contributed by atoms with van der Waals surface area (Å²) in [4.78, 5) is 22.1. The summed E-state index contributed by atoms with van der Waals surface area (Å²) in [5.41, 5.74) is 1.47. The number of nitrogens with zero attached hydrogens (tertiary/aromatic N) is 1. The molecule has 144 valence electrons. The predicted octanol–water partition coefficient (Wildman–Crippen LogP) is 3.61. The summed E-state index contributed by atoms with van der Waals surface area (Å²) < 4.78 is 27.8. The summed E-state index contributed by atoms with van der Waals surface area (Å²) in [6.45, 7) is 6.74. The number of hydrogen-bond acceptors (Lipinski definition) is 5. The highest BCUT2D eigenvalue weighted by Crippen LogP contribution is 2.26. The van der Waals surface area contributed by atoms with Crippen molar-refractivity contribution >= 4 is 33.0 Å². The number of nitrogens with one attached hydrogen (secondary N) is 2. The van der Waals surface area contributed by atoms with Crippen molar-refractivity contribution in [2.75, 3.05) is 10.0 Å². The molecule has 0 saturated carbocycles. The SMILES string of the molecule is Cc1ccc(NC(=O)C(C)C)cc1NS(=O)(=O)c1ccc(C)c([N+](=O)[O-])c1. The number of nitro groups is 1. The summed E-state index contributed by atoms with van der Waals surface area (Å²) in [6.07, 6.45) is 0. The van der Waals surface area contributed by atoms with Gasteiger partial charge in [0.2, 0.25) is 5.91 Å². The Kier molecular flexibility index (Phi) is 5.85. The van der Waals surface area contributed by atoms with E-state index >= 15 is 0 Å². The van der Waals surface area contributed by atoms with E-state index in [-0.39, 0.29) is 28.1 Å². The van der Waals surface area contributed by atoms with E-state index < -0.39 is 14.9 Å². The first kappa shape index (κ1) is 20.4. The smallest absolute Gasteiger partial charge is 0.273 e. The maximum absolute atomic E-state index is 12.7. The van der Waals surface area contributed by atoms with Gasteiger partial charge >= 0.3 is 0 Å². The highest BCUT2D eigenvalue weighted by Gasteiger charge is 2.21. The fourth-order valence-corrected chi connectivity index (χ4v) is 3.39. The molecule has 0 atom stereocenters. The van der Waals surface area contributed by atoms with Crippen molar-refractivity contribution in [1.82, 2.24) is 0 Å². The molecule has 2 aromatic carbocycles. The fraction of sp³-hybridized carbons (Fsp3) is 0.278. The van der Waals surface area contributed by atoms with Crippen molar-refractivity contribution in [3.8, 4) is 0 Å². The van der Waals surface area contributed by atoms with E-state index in [9.17, 15) is 23.3 Å². The van der Waals surface area contributed by atoms with Crippen LogP contribution in [0.15, 0.2) is 41.3 Å². The average molecular weight is 391 g/mol. The lowest BCUT2D eigenvalue weighted by Crippen LogP contribution is -2.18. The van der Waals surface area contributed by atoms with Crippen molar-refractivity contribution in [1.29, 1.82) is 0 Å². The van der Waals surface area contributed by atoms with Gasteiger partial charge in [0.1, 0.15) is 0 Å². The Bertz CT molecular complexity index is 1000. The van der Waals surface area contributed by atoms with Gasteiger partial charge in [0.15, 0.2) is 0 Å². The van der Waals surface area contributed by atoms with Crippen molar-refractivity contribution in [2.24, 2.45) is 5.92 Å². The second-order valence-electron chi connectivity index (χ2n) is 6.48. The third-order valence-corrected chi connectivity index (χ3v) is 5.32. The zero-order valence-electron chi connectivity index (χ0n) is 15.4. The lowest BCUT2D eigenvalue weighted by atomic mass is 10.1.